The van der Waals surface area contributed by atoms with Crippen LogP contribution in [0.3, 0.4) is 0 Å². The largest absolute Gasteiger partial charge is 0.309 e. The molecule has 0 fully saturated rings. The maximum Gasteiger partial charge on any atom is 0.138 e. The van der Waals surface area contributed by atoms with Gasteiger partial charge in [0.1, 0.15) is 17.7 Å². The molecule has 274 valence electrons. The first-order valence-corrected chi connectivity index (χ1v) is 19.8. The van der Waals surface area contributed by atoms with Crippen molar-refractivity contribution < 1.29 is 0 Å². The fraction of sp³-hybridized carbons (Fsp3) is 0.0182. The van der Waals surface area contributed by atoms with Gasteiger partial charge in [0, 0.05) is 27.7 Å². The molecule has 4 heteroatoms. The highest BCUT2D eigenvalue weighted by Gasteiger charge is 2.46. The molecule has 1 aliphatic carbocycles. The van der Waals surface area contributed by atoms with Crippen molar-refractivity contribution in [3.05, 3.63) is 244 Å². The van der Waals surface area contributed by atoms with Crippen molar-refractivity contribution in [1.29, 1.82) is 10.5 Å². The molecule has 0 unspecified atom stereocenters. The number of para-hydroxylation sites is 4. The van der Waals surface area contributed by atoms with Gasteiger partial charge in [0.05, 0.1) is 27.8 Å². The van der Waals surface area contributed by atoms with E-state index in [9.17, 15) is 10.5 Å². The van der Waals surface area contributed by atoms with Crippen LogP contribution in [0.25, 0.3) is 45.2 Å². The molecule has 1 aromatic heterocycles. The average Bonchev–Trinajstić information content (AvgIpc) is 3.53. The lowest BCUT2D eigenvalue weighted by Gasteiger charge is -2.43. The molecule has 0 spiro atoms. The number of rotatable bonds is 4. The minimum absolute atomic E-state index is 0.0962. The van der Waals surface area contributed by atoms with Crippen molar-refractivity contribution >= 4 is 56.6 Å². The monoisotopic (exact) mass is 750 g/mol. The van der Waals surface area contributed by atoms with E-state index in [0.717, 1.165) is 89.1 Å². The number of aromatic nitrogens is 1. The molecule has 9 aromatic rings. The summed E-state index contributed by atoms with van der Waals surface area (Å²) >= 11 is 0. The van der Waals surface area contributed by atoms with Crippen molar-refractivity contribution in [2.45, 2.75) is 5.41 Å². The van der Waals surface area contributed by atoms with Crippen LogP contribution in [0.15, 0.2) is 200 Å². The number of nitriles is 2. The summed E-state index contributed by atoms with van der Waals surface area (Å²) in [6.07, 6.45) is 4.40. The van der Waals surface area contributed by atoms with Gasteiger partial charge in [-0.2, -0.15) is 10.5 Å². The number of benzene rings is 8. The van der Waals surface area contributed by atoms with Gasteiger partial charge in [0.2, 0.25) is 0 Å². The maximum atomic E-state index is 10.4. The minimum Gasteiger partial charge on any atom is -0.309 e. The van der Waals surface area contributed by atoms with Crippen LogP contribution in [0.5, 0.6) is 0 Å². The maximum absolute atomic E-state index is 10.4. The zero-order valence-corrected chi connectivity index (χ0v) is 31.9. The SMILES string of the molecule is N#CC(C#N)=C1c2ccccc2C(c2cccc(N3c4ccccc4C=Cc4ccccc43)c2)(c2ccc3c(c2)c2ccccc2n3-c2ccccc2)c2ccccc21. The van der Waals surface area contributed by atoms with E-state index in [0.29, 0.717) is 5.57 Å². The first-order valence-electron chi connectivity index (χ1n) is 19.8. The number of hydrogen-bond donors (Lipinski definition) is 0. The van der Waals surface area contributed by atoms with Gasteiger partial charge in [0.25, 0.3) is 0 Å². The molecule has 0 bridgehead atoms. The molecule has 0 atom stereocenters. The topological polar surface area (TPSA) is 55.8 Å². The van der Waals surface area contributed by atoms with E-state index in [2.05, 4.69) is 216 Å². The summed E-state index contributed by atoms with van der Waals surface area (Å²) in [5.41, 5.74) is 14.7. The zero-order valence-electron chi connectivity index (χ0n) is 31.9. The van der Waals surface area contributed by atoms with E-state index in [4.69, 9.17) is 0 Å². The summed E-state index contributed by atoms with van der Waals surface area (Å²) < 4.78 is 2.35. The molecular formula is C55H34N4. The lowest BCUT2D eigenvalue weighted by Crippen LogP contribution is -2.36. The second kappa shape index (κ2) is 13.5. The molecule has 0 saturated heterocycles. The van der Waals surface area contributed by atoms with Gasteiger partial charge in [0.15, 0.2) is 0 Å². The second-order valence-electron chi connectivity index (χ2n) is 15.1. The van der Waals surface area contributed by atoms with Gasteiger partial charge in [-0.3, -0.25) is 0 Å². The van der Waals surface area contributed by atoms with E-state index in [1.54, 1.807) is 0 Å². The first kappa shape index (κ1) is 34.1. The molecule has 0 N–H and O–H groups in total. The fourth-order valence-electron chi connectivity index (χ4n) is 9.73. The molecule has 0 amide bonds. The normalized spacial score (nSPS) is 15.0. The lowest BCUT2D eigenvalue weighted by atomic mass is 9.58. The Hall–Kier alpha value is -8.18. The van der Waals surface area contributed by atoms with E-state index < -0.39 is 5.41 Å². The van der Waals surface area contributed by atoms with Crippen molar-refractivity contribution in [3.8, 4) is 17.8 Å². The molecule has 2 heterocycles. The molecule has 59 heavy (non-hydrogen) atoms. The van der Waals surface area contributed by atoms with Gasteiger partial charge >= 0.3 is 0 Å². The standard InChI is InChI=1S/C55H34N4/c56-35-39(36-57)54-45-22-6-9-24-48(45)55(49-25-10-7-23-46(49)54,41-31-32-53-47(34-41)44-21-8-13-28-52(44)58(53)42-18-2-1-3-19-42)40-17-14-20-43(33-40)59-50-26-11-4-15-37(50)29-30-38-16-5-12-27-51(38)59/h1-34H. The van der Waals surface area contributed by atoms with Crippen LogP contribution in [-0.4, -0.2) is 4.57 Å². The van der Waals surface area contributed by atoms with Crippen LogP contribution in [-0.2, 0) is 5.41 Å². The molecule has 1 aliphatic heterocycles. The number of allylic oxidation sites excluding steroid dienone is 1. The Labute approximate surface area is 342 Å². The Balaban J connectivity index is 1.26. The van der Waals surface area contributed by atoms with E-state index in [1.165, 1.54) is 0 Å². The van der Waals surface area contributed by atoms with Crippen LogP contribution < -0.4 is 4.90 Å². The third-order valence-electron chi connectivity index (χ3n) is 12.1. The molecule has 4 nitrogen and oxygen atoms in total. The van der Waals surface area contributed by atoms with Gasteiger partial charge in [-0.05, 0) is 99.1 Å². The summed E-state index contributed by atoms with van der Waals surface area (Å²) in [5, 5.41) is 23.2. The molecule has 0 radical (unpaired) electrons. The Morgan fingerprint density at radius 1 is 0.441 bits per heavy atom. The summed E-state index contributed by atoms with van der Waals surface area (Å²) in [4.78, 5) is 2.37. The highest BCUT2D eigenvalue weighted by atomic mass is 15.1. The first-order chi connectivity index (χ1) is 29.2. The van der Waals surface area contributed by atoms with Gasteiger partial charge < -0.3 is 9.47 Å². The van der Waals surface area contributed by atoms with Crippen molar-refractivity contribution in [2.75, 3.05) is 4.90 Å². The Bertz CT molecular complexity index is 3200. The van der Waals surface area contributed by atoms with Crippen LogP contribution in [0, 0.1) is 22.7 Å². The Morgan fingerprint density at radius 2 is 0.983 bits per heavy atom. The Kier molecular flexibility index (Phi) is 7.80. The molecule has 2 aliphatic rings. The summed E-state index contributed by atoms with van der Waals surface area (Å²) in [6.45, 7) is 0. The number of anilines is 3. The van der Waals surface area contributed by atoms with Crippen LogP contribution in [0.4, 0.5) is 17.1 Å². The summed E-state index contributed by atoms with van der Waals surface area (Å²) in [7, 11) is 0. The minimum atomic E-state index is -0.865. The molecular weight excluding hydrogens is 717 g/mol. The number of nitrogens with zero attached hydrogens (tertiary/aromatic N) is 4. The lowest BCUT2D eigenvalue weighted by molar-refractivity contribution is 0.732. The van der Waals surface area contributed by atoms with E-state index in [-0.39, 0.29) is 5.57 Å². The van der Waals surface area contributed by atoms with Crippen molar-refractivity contribution in [1.82, 2.24) is 4.57 Å². The van der Waals surface area contributed by atoms with Crippen molar-refractivity contribution in [3.63, 3.8) is 0 Å². The average molecular weight is 751 g/mol. The third-order valence-corrected chi connectivity index (χ3v) is 12.1. The number of fused-ring (bicyclic) bond motifs is 7. The van der Waals surface area contributed by atoms with E-state index in [1.807, 2.05) is 12.1 Å². The molecule has 0 saturated carbocycles. The Morgan fingerprint density at radius 3 is 1.66 bits per heavy atom. The van der Waals surface area contributed by atoms with Gasteiger partial charge in [-0.15, -0.1) is 0 Å². The van der Waals surface area contributed by atoms with Crippen molar-refractivity contribution in [2.24, 2.45) is 0 Å². The van der Waals surface area contributed by atoms with Gasteiger partial charge in [-0.1, -0.05) is 152 Å². The molecule has 11 rings (SSSR count). The second-order valence-corrected chi connectivity index (χ2v) is 15.1. The van der Waals surface area contributed by atoms with E-state index >= 15 is 0 Å². The highest BCUT2D eigenvalue weighted by molar-refractivity contribution is 6.10. The highest BCUT2D eigenvalue weighted by Crippen LogP contribution is 2.56. The number of hydrogen-bond acceptors (Lipinski definition) is 3. The van der Waals surface area contributed by atoms with Crippen LogP contribution in [0.2, 0.25) is 0 Å². The van der Waals surface area contributed by atoms with Crippen LogP contribution >= 0.6 is 0 Å². The molecule has 8 aromatic carbocycles. The summed E-state index contributed by atoms with van der Waals surface area (Å²) in [5.74, 6) is 0. The predicted molar refractivity (Wildman–Crippen MR) is 240 cm³/mol. The zero-order chi connectivity index (χ0) is 39.5. The van der Waals surface area contributed by atoms with Gasteiger partial charge in [-0.25, -0.2) is 0 Å². The smallest absolute Gasteiger partial charge is 0.138 e. The summed E-state index contributed by atoms with van der Waals surface area (Å²) in [6, 6.07) is 73.3. The predicted octanol–water partition coefficient (Wildman–Crippen LogP) is 13.3. The third kappa shape index (κ3) is 5.01. The fourth-order valence-corrected chi connectivity index (χ4v) is 9.73. The quantitative estimate of drug-likeness (QED) is 0.168. The van der Waals surface area contributed by atoms with Crippen LogP contribution in [0.1, 0.15) is 44.5 Å².